The van der Waals surface area contributed by atoms with Gasteiger partial charge in [0.25, 0.3) is 0 Å². The number of aryl methyl sites for hydroxylation is 1. The molecule has 0 unspecified atom stereocenters. The van der Waals surface area contributed by atoms with Crippen LogP contribution < -0.4 is 4.57 Å². The Morgan fingerprint density at radius 1 is 1.25 bits per heavy atom. The van der Waals surface area contributed by atoms with Crippen LogP contribution in [0.15, 0.2) is 41.6 Å². The Morgan fingerprint density at radius 3 is 2.75 bits per heavy atom. The summed E-state index contributed by atoms with van der Waals surface area (Å²) in [7, 11) is 6.62. The zero-order valence-corrected chi connectivity index (χ0v) is 12.3. The summed E-state index contributed by atoms with van der Waals surface area (Å²) in [6, 6.07) is 9.88. The third-order valence-electron chi connectivity index (χ3n) is 3.25. The van der Waals surface area contributed by atoms with Crippen LogP contribution in [0.25, 0.3) is 21.3 Å². The fourth-order valence-corrected chi connectivity index (χ4v) is 2.29. The van der Waals surface area contributed by atoms with Gasteiger partial charge in [0.2, 0.25) is 5.52 Å². The van der Waals surface area contributed by atoms with Crippen LogP contribution in [0.5, 0.6) is 0 Å². The van der Waals surface area contributed by atoms with Crippen molar-refractivity contribution in [1.82, 2.24) is 0 Å². The first-order valence-electron chi connectivity index (χ1n) is 6.77. The van der Waals surface area contributed by atoms with Gasteiger partial charge in [0, 0.05) is 28.1 Å². The van der Waals surface area contributed by atoms with Crippen molar-refractivity contribution >= 4 is 16.6 Å². The minimum atomic E-state index is 0.657. The van der Waals surface area contributed by atoms with Gasteiger partial charge >= 0.3 is 0 Å². The average Bonchev–Trinajstić information content (AvgIpc) is 2.37. The monoisotopic (exact) mass is 271 g/mol. The molecule has 0 spiro atoms. The molecule has 2 aromatic rings. The summed E-state index contributed by atoms with van der Waals surface area (Å²) in [5, 5.41) is 4.75. The molecule has 1 aromatic heterocycles. The van der Waals surface area contributed by atoms with Crippen molar-refractivity contribution < 1.29 is 9.05 Å². The van der Waals surface area contributed by atoms with Gasteiger partial charge in [0.15, 0.2) is 12.7 Å². The predicted octanol–water partition coefficient (Wildman–Crippen LogP) is 3.17. The smallest absolute Gasteiger partial charge is 0.212 e. The van der Waals surface area contributed by atoms with Gasteiger partial charge < -0.3 is 4.48 Å². The van der Waals surface area contributed by atoms with E-state index in [4.69, 9.17) is 5.53 Å². The van der Waals surface area contributed by atoms with Crippen LogP contribution in [0, 0.1) is 0 Å². The summed E-state index contributed by atoms with van der Waals surface area (Å²) in [4.78, 5) is 2.83. The first kappa shape index (κ1) is 14.3. The Bertz CT molecular complexity index is 651. The van der Waals surface area contributed by atoms with E-state index in [9.17, 15) is 0 Å². The third kappa shape index (κ3) is 3.70. The number of azide groups is 1. The molecule has 1 aromatic carbocycles. The summed E-state index contributed by atoms with van der Waals surface area (Å²) in [6.07, 6.45) is 3.23. The number of rotatable bonds is 5. The van der Waals surface area contributed by atoms with Crippen molar-refractivity contribution in [3.63, 3.8) is 0 Å². The molecule has 0 aliphatic carbocycles. The second-order valence-corrected chi connectivity index (χ2v) is 6.00. The number of nitrogens with zero attached hydrogens (tertiary/aromatic N) is 5. The maximum Gasteiger partial charge on any atom is 0.212 e. The van der Waals surface area contributed by atoms with Crippen LogP contribution in [0.1, 0.15) is 6.42 Å². The largest absolute Gasteiger partial charge is 0.331 e. The summed E-state index contributed by atoms with van der Waals surface area (Å²) in [5.41, 5.74) is 10.3. The lowest BCUT2D eigenvalue weighted by Gasteiger charge is -2.22. The van der Waals surface area contributed by atoms with Crippen LogP contribution in [0.3, 0.4) is 0 Å². The Labute approximate surface area is 119 Å². The molecule has 1 heterocycles. The van der Waals surface area contributed by atoms with Gasteiger partial charge in [-0.05, 0) is 23.7 Å². The van der Waals surface area contributed by atoms with Crippen LogP contribution >= 0.6 is 0 Å². The molecule has 0 bridgehead atoms. The molecule has 5 heteroatoms. The van der Waals surface area contributed by atoms with E-state index in [-0.39, 0.29) is 0 Å². The lowest BCUT2D eigenvalue weighted by molar-refractivity contribution is -0.873. The second kappa shape index (κ2) is 5.90. The van der Waals surface area contributed by atoms with Crippen LogP contribution in [-0.4, -0.2) is 32.2 Å². The van der Waals surface area contributed by atoms with E-state index in [1.807, 2.05) is 30.3 Å². The van der Waals surface area contributed by atoms with Crippen molar-refractivity contribution in [3.8, 4) is 0 Å². The molecule has 0 aliphatic rings. The molecule has 0 fully saturated rings. The van der Waals surface area contributed by atoms with Crippen molar-refractivity contribution in [2.24, 2.45) is 5.11 Å². The number of hydrogen-bond donors (Lipinski definition) is 0. The Hall–Kier alpha value is -2.10. The Balaban J connectivity index is 2.24. The first-order chi connectivity index (χ1) is 9.49. The van der Waals surface area contributed by atoms with Crippen LogP contribution in [-0.2, 0) is 6.54 Å². The highest BCUT2D eigenvalue weighted by Gasteiger charge is 2.12. The van der Waals surface area contributed by atoms with Crippen molar-refractivity contribution in [2.45, 2.75) is 13.0 Å². The standard InChI is InChI=1S/C15H21N5/c1-20(2,3)11-5-10-19-9-4-6-13-12-14(17-18-16)7-8-15(13)19/h4,6-9,12H,5,10-11H2,1-3H3/q+2. The van der Waals surface area contributed by atoms with Gasteiger partial charge in [-0.2, -0.15) is 4.57 Å². The first-order valence-corrected chi connectivity index (χ1v) is 6.77. The summed E-state index contributed by atoms with van der Waals surface area (Å²) < 4.78 is 3.23. The number of hydrogen-bond acceptors (Lipinski definition) is 1. The molecule has 0 amide bonds. The topological polar surface area (TPSA) is 52.6 Å². The van der Waals surface area contributed by atoms with E-state index in [0.29, 0.717) is 5.69 Å². The molecule has 0 atom stereocenters. The van der Waals surface area contributed by atoms with Gasteiger partial charge in [0.05, 0.1) is 34.1 Å². The second-order valence-electron chi connectivity index (χ2n) is 6.00. The Kier molecular flexibility index (Phi) is 4.23. The van der Waals surface area contributed by atoms with Gasteiger partial charge in [-0.3, -0.25) is 0 Å². The van der Waals surface area contributed by atoms with Crippen molar-refractivity contribution in [3.05, 3.63) is 47.0 Å². The van der Waals surface area contributed by atoms with Crippen molar-refractivity contribution in [1.29, 1.82) is 0 Å². The number of benzene rings is 1. The normalized spacial score (nSPS) is 11.3. The zero-order valence-electron chi connectivity index (χ0n) is 12.3. The number of aromatic nitrogens is 1. The minimum Gasteiger partial charge on any atom is -0.331 e. The lowest BCUT2D eigenvalue weighted by Crippen LogP contribution is -2.40. The molecule has 104 valence electrons. The van der Waals surface area contributed by atoms with Gasteiger partial charge in [-0.1, -0.05) is 5.11 Å². The quantitative estimate of drug-likeness (QED) is 0.264. The maximum atomic E-state index is 8.49. The van der Waals surface area contributed by atoms with E-state index >= 15 is 0 Å². The highest BCUT2D eigenvalue weighted by atomic mass is 15.3. The molecule has 20 heavy (non-hydrogen) atoms. The molecule has 0 saturated heterocycles. The van der Waals surface area contributed by atoms with E-state index < -0.39 is 0 Å². The fourth-order valence-electron chi connectivity index (χ4n) is 2.29. The predicted molar refractivity (Wildman–Crippen MR) is 80.5 cm³/mol. The van der Waals surface area contributed by atoms with Crippen molar-refractivity contribution in [2.75, 3.05) is 27.7 Å². The fraction of sp³-hybridized carbons (Fsp3) is 0.400. The van der Waals surface area contributed by atoms with E-state index in [1.54, 1.807) is 0 Å². The minimum absolute atomic E-state index is 0.657. The average molecular weight is 271 g/mol. The highest BCUT2D eigenvalue weighted by molar-refractivity contribution is 5.78. The lowest BCUT2D eigenvalue weighted by atomic mass is 10.2. The SMILES string of the molecule is C[N+](C)(C)CCC[n+]1cccc2cc(N=[N+]=[N-])ccc21. The van der Waals surface area contributed by atoms with E-state index in [0.717, 1.165) is 29.4 Å². The summed E-state index contributed by atoms with van der Waals surface area (Å²) >= 11 is 0. The van der Waals surface area contributed by atoms with Crippen LogP contribution in [0.4, 0.5) is 5.69 Å². The molecular formula is C15H21N5+2. The molecule has 5 nitrogen and oxygen atoms in total. The number of fused-ring (bicyclic) bond motifs is 1. The molecule has 0 N–H and O–H groups in total. The molecule has 0 radical (unpaired) electrons. The maximum absolute atomic E-state index is 8.49. The van der Waals surface area contributed by atoms with Crippen LogP contribution in [0.2, 0.25) is 0 Å². The molecule has 2 rings (SSSR count). The van der Waals surface area contributed by atoms with E-state index in [2.05, 4.69) is 41.9 Å². The number of pyridine rings is 1. The molecular weight excluding hydrogens is 250 g/mol. The Morgan fingerprint density at radius 2 is 2.05 bits per heavy atom. The molecule has 0 saturated carbocycles. The highest BCUT2D eigenvalue weighted by Crippen LogP contribution is 2.18. The molecule has 0 aliphatic heterocycles. The van der Waals surface area contributed by atoms with Gasteiger partial charge in [0.1, 0.15) is 0 Å². The third-order valence-corrected chi connectivity index (χ3v) is 3.25. The van der Waals surface area contributed by atoms with Gasteiger partial charge in [-0.15, -0.1) is 0 Å². The van der Waals surface area contributed by atoms with Gasteiger partial charge in [-0.25, -0.2) is 0 Å². The number of quaternary nitrogens is 1. The summed E-state index contributed by atoms with van der Waals surface area (Å²) in [6.45, 7) is 2.13. The summed E-state index contributed by atoms with van der Waals surface area (Å²) in [5.74, 6) is 0. The zero-order chi connectivity index (χ0) is 14.6. The van der Waals surface area contributed by atoms with E-state index in [1.165, 1.54) is 5.52 Å².